The number of hydrogen-bond donors (Lipinski definition) is 2. The summed E-state index contributed by atoms with van der Waals surface area (Å²) in [6, 6.07) is 13.5. The summed E-state index contributed by atoms with van der Waals surface area (Å²) < 4.78 is 8.95. The molecule has 0 radical (unpaired) electrons. The Morgan fingerprint density at radius 1 is 1.07 bits per heavy atom. The highest BCUT2D eigenvalue weighted by molar-refractivity contribution is 5.76. The molecule has 2 aromatic carbocycles. The maximum Gasteiger partial charge on any atom is 0.328 e. The summed E-state index contributed by atoms with van der Waals surface area (Å²) in [5, 5.41) is 14.0. The van der Waals surface area contributed by atoms with Crippen molar-refractivity contribution >= 4 is 11.0 Å². The first-order valence-electron chi connectivity index (χ1n) is 10.3. The summed E-state index contributed by atoms with van der Waals surface area (Å²) in [4.78, 5) is 14.2. The molecule has 0 aliphatic heterocycles. The number of nitrogens with one attached hydrogen (secondary N) is 1. The summed E-state index contributed by atoms with van der Waals surface area (Å²) >= 11 is 0. The fourth-order valence-electron chi connectivity index (χ4n) is 3.46. The molecule has 7 nitrogen and oxygen atoms in total. The standard InChI is InChI=1S/C23H32N4O3/c1-25(2)13-5-12-24-15-17-6-9-19(10-7-17)30-16-22(28)18-8-11-20-21(14-18)27(4)23(29)26(20)3/h6-11,14,22,24,28H,5,12-13,15-16H2,1-4H3. The highest BCUT2D eigenvalue weighted by Gasteiger charge is 2.13. The van der Waals surface area contributed by atoms with E-state index in [1.54, 1.807) is 23.2 Å². The van der Waals surface area contributed by atoms with Crippen LogP contribution in [0.1, 0.15) is 23.7 Å². The van der Waals surface area contributed by atoms with E-state index in [1.165, 1.54) is 5.56 Å². The van der Waals surface area contributed by atoms with Crippen LogP contribution < -0.4 is 15.7 Å². The molecule has 0 bridgehead atoms. The van der Waals surface area contributed by atoms with Gasteiger partial charge in [-0.1, -0.05) is 18.2 Å². The monoisotopic (exact) mass is 412 g/mol. The number of rotatable bonds is 10. The molecule has 0 aliphatic carbocycles. The van der Waals surface area contributed by atoms with Gasteiger partial charge in [-0.2, -0.15) is 0 Å². The molecule has 0 aliphatic rings. The molecular weight excluding hydrogens is 380 g/mol. The lowest BCUT2D eigenvalue weighted by Crippen LogP contribution is -2.20. The molecule has 1 atom stereocenters. The highest BCUT2D eigenvalue weighted by Crippen LogP contribution is 2.21. The van der Waals surface area contributed by atoms with Crippen molar-refractivity contribution in [1.82, 2.24) is 19.4 Å². The normalized spacial score (nSPS) is 12.6. The van der Waals surface area contributed by atoms with Crippen molar-refractivity contribution < 1.29 is 9.84 Å². The first-order chi connectivity index (χ1) is 14.4. The number of imidazole rings is 1. The number of hydrogen-bond acceptors (Lipinski definition) is 5. The number of fused-ring (bicyclic) bond motifs is 1. The number of aliphatic hydroxyl groups is 1. The molecule has 1 heterocycles. The number of aryl methyl sites for hydroxylation is 2. The minimum atomic E-state index is -0.775. The molecule has 0 saturated heterocycles. The fraction of sp³-hybridized carbons (Fsp3) is 0.435. The van der Waals surface area contributed by atoms with Gasteiger partial charge in [0, 0.05) is 20.6 Å². The number of aromatic nitrogens is 2. The van der Waals surface area contributed by atoms with E-state index in [2.05, 4.69) is 24.3 Å². The first-order valence-corrected chi connectivity index (χ1v) is 10.3. The Morgan fingerprint density at radius 3 is 2.47 bits per heavy atom. The highest BCUT2D eigenvalue weighted by atomic mass is 16.5. The van der Waals surface area contributed by atoms with E-state index in [0.29, 0.717) is 0 Å². The molecule has 162 valence electrons. The molecule has 1 aromatic heterocycles. The van der Waals surface area contributed by atoms with E-state index in [-0.39, 0.29) is 12.3 Å². The lowest BCUT2D eigenvalue weighted by molar-refractivity contribution is 0.108. The van der Waals surface area contributed by atoms with Crippen LogP contribution >= 0.6 is 0 Å². The predicted molar refractivity (Wildman–Crippen MR) is 120 cm³/mol. The third kappa shape index (κ3) is 5.30. The Balaban J connectivity index is 1.52. The number of nitrogens with zero attached hydrogens (tertiary/aromatic N) is 3. The van der Waals surface area contributed by atoms with Gasteiger partial charge in [0.15, 0.2) is 0 Å². The molecule has 7 heteroatoms. The molecule has 0 saturated carbocycles. The zero-order valence-corrected chi connectivity index (χ0v) is 18.3. The summed E-state index contributed by atoms with van der Waals surface area (Å²) in [7, 11) is 7.64. The molecule has 2 N–H and O–H groups in total. The number of ether oxygens (including phenoxy) is 1. The van der Waals surface area contributed by atoms with Crippen LogP contribution in [0.25, 0.3) is 11.0 Å². The van der Waals surface area contributed by atoms with E-state index in [9.17, 15) is 9.90 Å². The van der Waals surface area contributed by atoms with Gasteiger partial charge in [0.2, 0.25) is 0 Å². The van der Waals surface area contributed by atoms with Crippen molar-refractivity contribution in [1.29, 1.82) is 0 Å². The van der Waals surface area contributed by atoms with Crippen molar-refractivity contribution in [2.24, 2.45) is 14.1 Å². The summed E-state index contributed by atoms with van der Waals surface area (Å²) in [6.45, 7) is 3.04. The van der Waals surface area contributed by atoms with Gasteiger partial charge < -0.3 is 20.1 Å². The van der Waals surface area contributed by atoms with Gasteiger partial charge >= 0.3 is 5.69 Å². The topological polar surface area (TPSA) is 71.7 Å². The van der Waals surface area contributed by atoms with Gasteiger partial charge in [-0.15, -0.1) is 0 Å². The van der Waals surface area contributed by atoms with Crippen LogP contribution in [-0.2, 0) is 20.6 Å². The summed E-state index contributed by atoms with van der Waals surface area (Å²) in [5.74, 6) is 0.721. The quantitative estimate of drug-likeness (QED) is 0.499. The van der Waals surface area contributed by atoms with E-state index in [4.69, 9.17) is 4.74 Å². The van der Waals surface area contributed by atoms with Gasteiger partial charge in [0.1, 0.15) is 18.5 Å². The Kier molecular flexibility index (Phi) is 7.31. The van der Waals surface area contributed by atoms with Gasteiger partial charge in [-0.25, -0.2) is 4.79 Å². The molecule has 0 amide bonds. The smallest absolute Gasteiger partial charge is 0.328 e. The third-order valence-electron chi connectivity index (χ3n) is 5.30. The van der Waals surface area contributed by atoms with Gasteiger partial charge in [0.25, 0.3) is 0 Å². The Morgan fingerprint density at radius 2 is 1.77 bits per heavy atom. The van der Waals surface area contributed by atoms with Crippen molar-refractivity contribution in [3.8, 4) is 5.75 Å². The van der Waals surface area contributed by atoms with Crippen LogP contribution in [0.4, 0.5) is 0 Å². The minimum Gasteiger partial charge on any atom is -0.491 e. The van der Waals surface area contributed by atoms with Crippen LogP contribution in [-0.4, -0.2) is 52.9 Å². The van der Waals surface area contributed by atoms with E-state index >= 15 is 0 Å². The molecule has 3 aromatic rings. The first kappa shape index (κ1) is 22.1. The van der Waals surface area contributed by atoms with Crippen molar-refractivity contribution in [3.63, 3.8) is 0 Å². The minimum absolute atomic E-state index is 0.0832. The second-order valence-corrected chi connectivity index (χ2v) is 7.95. The van der Waals surface area contributed by atoms with Gasteiger partial charge in [-0.3, -0.25) is 9.13 Å². The third-order valence-corrected chi connectivity index (χ3v) is 5.30. The summed E-state index contributed by atoms with van der Waals surface area (Å²) in [5.41, 5.74) is 3.47. The number of benzene rings is 2. The number of aliphatic hydroxyl groups excluding tert-OH is 1. The van der Waals surface area contributed by atoms with Crippen LogP contribution in [0.15, 0.2) is 47.3 Å². The molecule has 0 fully saturated rings. The maximum absolute atomic E-state index is 12.1. The molecule has 1 unspecified atom stereocenters. The van der Waals surface area contributed by atoms with Crippen LogP contribution in [0.5, 0.6) is 5.75 Å². The Bertz CT molecular complexity index is 1020. The van der Waals surface area contributed by atoms with Crippen molar-refractivity contribution in [3.05, 3.63) is 64.1 Å². The maximum atomic E-state index is 12.1. The largest absolute Gasteiger partial charge is 0.491 e. The lowest BCUT2D eigenvalue weighted by Gasteiger charge is -2.14. The molecular formula is C23H32N4O3. The lowest BCUT2D eigenvalue weighted by atomic mass is 10.1. The van der Waals surface area contributed by atoms with Gasteiger partial charge in [-0.05, 0) is 69.0 Å². The summed E-state index contributed by atoms with van der Waals surface area (Å²) in [6.07, 6.45) is 0.345. The van der Waals surface area contributed by atoms with Crippen molar-refractivity contribution in [2.75, 3.05) is 33.8 Å². The van der Waals surface area contributed by atoms with Gasteiger partial charge in [0.05, 0.1) is 11.0 Å². The van der Waals surface area contributed by atoms with E-state index < -0.39 is 6.10 Å². The fourth-order valence-corrected chi connectivity index (χ4v) is 3.46. The molecule has 3 rings (SSSR count). The van der Waals surface area contributed by atoms with E-state index in [1.807, 2.05) is 42.5 Å². The SMILES string of the molecule is CN(C)CCCNCc1ccc(OCC(O)c2ccc3c(c2)n(C)c(=O)n3C)cc1. The molecule has 0 spiro atoms. The Labute approximate surface area is 177 Å². The van der Waals surface area contributed by atoms with Crippen molar-refractivity contribution in [2.45, 2.75) is 19.1 Å². The average molecular weight is 413 g/mol. The predicted octanol–water partition coefficient (Wildman–Crippen LogP) is 2.03. The second-order valence-electron chi connectivity index (χ2n) is 7.95. The zero-order chi connectivity index (χ0) is 21.7. The zero-order valence-electron chi connectivity index (χ0n) is 18.3. The van der Waals surface area contributed by atoms with Crippen LogP contribution in [0.3, 0.4) is 0 Å². The van der Waals surface area contributed by atoms with E-state index in [0.717, 1.165) is 48.4 Å². The van der Waals surface area contributed by atoms with Crippen LogP contribution in [0, 0.1) is 0 Å². The Hall–Kier alpha value is -2.61. The second kappa shape index (κ2) is 9.93. The average Bonchev–Trinajstić information content (AvgIpc) is 2.96. The van der Waals surface area contributed by atoms with Crippen LogP contribution in [0.2, 0.25) is 0 Å². The molecule has 30 heavy (non-hydrogen) atoms.